The third-order valence-electron chi connectivity index (χ3n) is 3.78. The minimum Gasteiger partial charge on any atom is -0.444 e. The Morgan fingerprint density at radius 3 is 2.15 bits per heavy atom. The summed E-state index contributed by atoms with van der Waals surface area (Å²) in [5, 5.41) is 5.60. The van der Waals surface area contributed by atoms with Crippen LogP contribution in [0.1, 0.15) is 37.5 Å². The van der Waals surface area contributed by atoms with Crippen LogP contribution in [0, 0.1) is 13.8 Å². The van der Waals surface area contributed by atoms with Crippen LogP contribution in [0.25, 0.3) is 0 Å². The van der Waals surface area contributed by atoms with E-state index in [0.29, 0.717) is 12.1 Å². The number of benzene rings is 2. The first-order valence-corrected chi connectivity index (χ1v) is 9.05. The van der Waals surface area contributed by atoms with Crippen LogP contribution in [-0.2, 0) is 16.0 Å². The number of hydrogen-bond acceptors (Lipinski definition) is 3. The van der Waals surface area contributed by atoms with E-state index in [9.17, 15) is 9.59 Å². The van der Waals surface area contributed by atoms with Gasteiger partial charge in [0.1, 0.15) is 11.6 Å². The first kappa shape index (κ1) is 20.5. The second kappa shape index (κ2) is 8.71. The van der Waals surface area contributed by atoms with Gasteiger partial charge in [-0.25, -0.2) is 4.79 Å². The van der Waals surface area contributed by atoms with Crippen molar-refractivity contribution in [3.05, 3.63) is 65.2 Å². The Balaban J connectivity index is 2.16. The van der Waals surface area contributed by atoms with Gasteiger partial charge in [-0.3, -0.25) is 4.79 Å². The second-order valence-corrected chi connectivity index (χ2v) is 7.75. The largest absolute Gasteiger partial charge is 0.444 e. The number of rotatable bonds is 5. The number of alkyl carbamates (subject to hydrolysis) is 1. The predicted octanol–water partition coefficient (Wildman–Crippen LogP) is 4.38. The molecule has 5 heteroatoms. The molecule has 2 aromatic carbocycles. The van der Waals surface area contributed by atoms with Crippen LogP contribution in [-0.4, -0.2) is 23.6 Å². The molecular weight excluding hydrogens is 340 g/mol. The van der Waals surface area contributed by atoms with Gasteiger partial charge < -0.3 is 15.4 Å². The lowest BCUT2D eigenvalue weighted by Crippen LogP contribution is -2.47. The molecule has 0 bridgehead atoms. The van der Waals surface area contributed by atoms with Crippen molar-refractivity contribution >= 4 is 17.7 Å². The number of anilines is 1. The maximum absolute atomic E-state index is 12.9. The summed E-state index contributed by atoms with van der Waals surface area (Å²) in [6.07, 6.45) is -0.240. The fourth-order valence-electron chi connectivity index (χ4n) is 2.79. The SMILES string of the molecule is Cc1cc(C)cc(NC(=O)C(Cc2ccccc2)NC(=O)OC(C)(C)C)c1. The molecule has 0 aromatic heterocycles. The Kier molecular flexibility index (Phi) is 6.61. The molecule has 0 saturated carbocycles. The van der Waals surface area contributed by atoms with E-state index >= 15 is 0 Å². The van der Waals surface area contributed by atoms with Crippen LogP contribution in [0.3, 0.4) is 0 Å². The van der Waals surface area contributed by atoms with E-state index in [4.69, 9.17) is 4.74 Å². The summed E-state index contributed by atoms with van der Waals surface area (Å²) in [5.41, 5.74) is 3.15. The molecule has 2 N–H and O–H groups in total. The van der Waals surface area contributed by atoms with Gasteiger partial charge in [-0.1, -0.05) is 36.4 Å². The van der Waals surface area contributed by atoms with E-state index in [1.807, 2.05) is 62.4 Å². The highest BCUT2D eigenvalue weighted by molar-refractivity contribution is 5.96. The van der Waals surface area contributed by atoms with Crippen molar-refractivity contribution in [3.8, 4) is 0 Å². The summed E-state index contributed by atoms with van der Waals surface area (Å²) in [7, 11) is 0. The van der Waals surface area contributed by atoms with Crippen molar-refractivity contribution < 1.29 is 14.3 Å². The van der Waals surface area contributed by atoms with Crippen molar-refractivity contribution in [1.82, 2.24) is 5.32 Å². The fraction of sp³-hybridized carbons (Fsp3) is 0.364. The van der Waals surface area contributed by atoms with E-state index in [1.54, 1.807) is 20.8 Å². The van der Waals surface area contributed by atoms with E-state index in [-0.39, 0.29) is 5.91 Å². The highest BCUT2D eigenvalue weighted by atomic mass is 16.6. The van der Waals surface area contributed by atoms with E-state index in [1.165, 1.54) is 0 Å². The number of carbonyl (C=O) groups excluding carboxylic acids is 2. The zero-order chi connectivity index (χ0) is 20.0. The molecular formula is C22H28N2O3. The number of hydrogen-bond donors (Lipinski definition) is 2. The van der Waals surface area contributed by atoms with Gasteiger partial charge in [0.25, 0.3) is 0 Å². The third kappa shape index (κ3) is 7.13. The monoisotopic (exact) mass is 368 g/mol. The predicted molar refractivity (Wildman–Crippen MR) is 108 cm³/mol. The van der Waals surface area contributed by atoms with Gasteiger partial charge in [0.2, 0.25) is 5.91 Å². The maximum atomic E-state index is 12.9. The maximum Gasteiger partial charge on any atom is 0.408 e. The zero-order valence-electron chi connectivity index (χ0n) is 16.6. The number of nitrogens with one attached hydrogen (secondary N) is 2. The molecule has 0 aliphatic heterocycles. The Labute approximate surface area is 161 Å². The molecule has 0 saturated heterocycles. The Hall–Kier alpha value is -2.82. The van der Waals surface area contributed by atoms with Crippen LogP contribution >= 0.6 is 0 Å². The number of amides is 2. The summed E-state index contributed by atoms with van der Waals surface area (Å²) in [6.45, 7) is 9.31. The molecule has 1 unspecified atom stereocenters. The second-order valence-electron chi connectivity index (χ2n) is 7.75. The zero-order valence-corrected chi connectivity index (χ0v) is 16.6. The lowest BCUT2D eigenvalue weighted by atomic mass is 10.0. The minimum absolute atomic E-state index is 0.283. The average Bonchev–Trinajstić information content (AvgIpc) is 2.52. The summed E-state index contributed by atoms with van der Waals surface area (Å²) >= 11 is 0. The lowest BCUT2D eigenvalue weighted by Gasteiger charge is -2.23. The quantitative estimate of drug-likeness (QED) is 0.823. The van der Waals surface area contributed by atoms with Gasteiger partial charge >= 0.3 is 6.09 Å². The van der Waals surface area contributed by atoms with Crippen molar-refractivity contribution in [1.29, 1.82) is 0 Å². The average molecular weight is 368 g/mol. The van der Waals surface area contributed by atoms with Gasteiger partial charge in [-0.2, -0.15) is 0 Å². The van der Waals surface area contributed by atoms with Gasteiger partial charge in [0.05, 0.1) is 0 Å². The smallest absolute Gasteiger partial charge is 0.408 e. The molecule has 144 valence electrons. The van der Waals surface area contributed by atoms with Gasteiger partial charge in [0, 0.05) is 12.1 Å². The molecule has 27 heavy (non-hydrogen) atoms. The molecule has 1 atom stereocenters. The minimum atomic E-state index is -0.747. The standard InChI is InChI=1S/C22H28N2O3/c1-15-11-16(2)13-18(12-15)23-20(25)19(14-17-9-7-6-8-10-17)24-21(26)27-22(3,4)5/h6-13,19H,14H2,1-5H3,(H,23,25)(H,24,26). The summed E-state index contributed by atoms with van der Waals surface area (Å²) in [4.78, 5) is 25.1. The summed E-state index contributed by atoms with van der Waals surface area (Å²) in [5.74, 6) is -0.283. The highest BCUT2D eigenvalue weighted by Crippen LogP contribution is 2.15. The molecule has 0 spiro atoms. The topological polar surface area (TPSA) is 67.4 Å². The van der Waals surface area contributed by atoms with E-state index < -0.39 is 17.7 Å². The molecule has 0 radical (unpaired) electrons. The van der Waals surface area contributed by atoms with Crippen molar-refractivity contribution in [3.63, 3.8) is 0 Å². The molecule has 2 rings (SSSR count). The van der Waals surface area contributed by atoms with Crippen LogP contribution in [0.4, 0.5) is 10.5 Å². The summed E-state index contributed by atoms with van der Waals surface area (Å²) in [6, 6.07) is 14.7. The van der Waals surface area contributed by atoms with Crippen LogP contribution < -0.4 is 10.6 Å². The number of aryl methyl sites for hydroxylation is 2. The molecule has 0 aliphatic rings. The molecule has 0 fully saturated rings. The first-order chi connectivity index (χ1) is 12.6. The number of ether oxygens (including phenoxy) is 1. The third-order valence-corrected chi connectivity index (χ3v) is 3.78. The number of carbonyl (C=O) groups is 2. The van der Waals surface area contributed by atoms with Gasteiger partial charge in [-0.15, -0.1) is 0 Å². The molecule has 5 nitrogen and oxygen atoms in total. The molecule has 2 aromatic rings. The van der Waals surface area contributed by atoms with Crippen molar-refractivity contribution in [2.75, 3.05) is 5.32 Å². The molecule has 0 heterocycles. The van der Waals surface area contributed by atoms with Crippen molar-refractivity contribution in [2.45, 2.75) is 52.7 Å². The van der Waals surface area contributed by atoms with Gasteiger partial charge in [0.15, 0.2) is 0 Å². The van der Waals surface area contributed by atoms with E-state index in [0.717, 1.165) is 16.7 Å². The Bertz CT molecular complexity index is 775. The molecule has 2 amide bonds. The van der Waals surface area contributed by atoms with Crippen LogP contribution in [0.2, 0.25) is 0 Å². The Morgan fingerprint density at radius 2 is 1.59 bits per heavy atom. The van der Waals surface area contributed by atoms with Crippen molar-refractivity contribution in [2.24, 2.45) is 0 Å². The summed E-state index contributed by atoms with van der Waals surface area (Å²) < 4.78 is 5.31. The lowest BCUT2D eigenvalue weighted by molar-refractivity contribution is -0.118. The van der Waals surface area contributed by atoms with Gasteiger partial charge in [-0.05, 0) is 63.4 Å². The fourth-order valence-corrected chi connectivity index (χ4v) is 2.79. The van der Waals surface area contributed by atoms with Crippen LogP contribution in [0.5, 0.6) is 0 Å². The normalized spacial score (nSPS) is 12.2. The van der Waals surface area contributed by atoms with Crippen LogP contribution in [0.15, 0.2) is 48.5 Å². The Morgan fingerprint density at radius 1 is 1.00 bits per heavy atom. The van der Waals surface area contributed by atoms with E-state index in [2.05, 4.69) is 10.6 Å². The first-order valence-electron chi connectivity index (χ1n) is 9.05. The highest BCUT2D eigenvalue weighted by Gasteiger charge is 2.25. The molecule has 0 aliphatic carbocycles.